The van der Waals surface area contributed by atoms with Gasteiger partial charge in [0.25, 0.3) is 0 Å². The molecule has 0 rings (SSSR count). The van der Waals surface area contributed by atoms with E-state index >= 15 is 0 Å². The summed E-state index contributed by atoms with van der Waals surface area (Å²) < 4.78 is 0. The molecule has 4 nitrogen and oxygen atoms in total. The maximum Gasteiger partial charge on any atom is 0.0511 e. The average Bonchev–Trinajstić information content (AvgIpc) is 2.24. The van der Waals surface area contributed by atoms with Crippen LogP contribution in [0.15, 0.2) is 11.3 Å². The minimum absolute atomic E-state index is 0.307. The van der Waals surface area contributed by atoms with Gasteiger partial charge in [-0.3, -0.25) is 0 Å². The molecule has 0 saturated carbocycles. The van der Waals surface area contributed by atoms with Crippen molar-refractivity contribution in [3.8, 4) is 0 Å². The van der Waals surface area contributed by atoms with Gasteiger partial charge in [-0.1, -0.05) is 20.8 Å². The molecular weight excluding hydrogens is 224 g/mol. The molecule has 108 valence electrons. The Morgan fingerprint density at radius 1 is 1.06 bits per heavy atom. The Bertz CT molecular complexity index is 321. The van der Waals surface area contributed by atoms with Gasteiger partial charge < -0.3 is 22.9 Å². The second kappa shape index (κ2) is 5.19. The predicted molar refractivity (Wildman–Crippen MR) is 79.8 cm³/mol. The molecule has 0 aliphatic carbocycles. The molecule has 18 heavy (non-hydrogen) atoms. The summed E-state index contributed by atoms with van der Waals surface area (Å²) in [5, 5.41) is 0. The van der Waals surface area contributed by atoms with Crippen molar-refractivity contribution in [2.75, 3.05) is 0 Å². The zero-order valence-electron chi connectivity index (χ0n) is 13.1. The summed E-state index contributed by atoms with van der Waals surface area (Å²) in [6.07, 6.45) is 0.839. The van der Waals surface area contributed by atoms with E-state index in [2.05, 4.69) is 20.8 Å². The van der Waals surface area contributed by atoms with Crippen LogP contribution in [0.1, 0.15) is 54.9 Å². The number of hydrogen-bond donors (Lipinski definition) is 4. The molecule has 2 unspecified atom stereocenters. The Kier molecular flexibility index (Phi) is 5.03. The van der Waals surface area contributed by atoms with E-state index in [1.807, 2.05) is 27.7 Å². The van der Waals surface area contributed by atoms with E-state index in [-0.39, 0.29) is 17.0 Å². The van der Waals surface area contributed by atoms with E-state index in [0.29, 0.717) is 5.70 Å². The van der Waals surface area contributed by atoms with Crippen molar-refractivity contribution in [1.82, 2.24) is 0 Å². The maximum absolute atomic E-state index is 6.35. The summed E-state index contributed by atoms with van der Waals surface area (Å²) in [6.45, 7) is 14.0. The highest BCUT2D eigenvalue weighted by Gasteiger charge is 2.42. The summed E-state index contributed by atoms with van der Waals surface area (Å²) >= 11 is 0. The topological polar surface area (TPSA) is 104 Å². The molecule has 0 saturated heterocycles. The third-order valence-electron chi connectivity index (χ3n) is 4.72. The van der Waals surface area contributed by atoms with Gasteiger partial charge in [-0.05, 0) is 39.7 Å². The Morgan fingerprint density at radius 2 is 1.44 bits per heavy atom. The van der Waals surface area contributed by atoms with E-state index in [9.17, 15) is 0 Å². The van der Waals surface area contributed by atoms with Gasteiger partial charge in [0.15, 0.2) is 0 Å². The van der Waals surface area contributed by atoms with E-state index in [4.69, 9.17) is 22.9 Å². The van der Waals surface area contributed by atoms with Crippen LogP contribution in [0.3, 0.4) is 0 Å². The minimum Gasteiger partial charge on any atom is -0.401 e. The third-order valence-corrected chi connectivity index (χ3v) is 4.72. The van der Waals surface area contributed by atoms with Crippen LogP contribution in [0.4, 0.5) is 0 Å². The molecule has 0 spiro atoms. The number of rotatable bonds is 5. The Hall–Kier alpha value is -0.580. The standard InChI is InChI=1S/C14H32N4/c1-8-14(7,18)12(3,4)11(16)10(15)9(2)13(5,6)17/h11H,8,15-18H2,1-7H3/b10-9+. The Morgan fingerprint density at radius 3 is 1.72 bits per heavy atom. The molecule has 0 aliphatic heterocycles. The Labute approximate surface area is 112 Å². The van der Waals surface area contributed by atoms with Crippen molar-refractivity contribution in [2.45, 2.75) is 72.0 Å². The molecule has 0 bridgehead atoms. The molecule has 0 aromatic rings. The molecule has 0 fully saturated rings. The van der Waals surface area contributed by atoms with Gasteiger partial charge in [0.1, 0.15) is 0 Å². The summed E-state index contributed by atoms with van der Waals surface area (Å²) in [5.41, 5.74) is 25.4. The third kappa shape index (κ3) is 3.25. The fourth-order valence-electron chi connectivity index (χ4n) is 1.80. The van der Waals surface area contributed by atoms with Crippen LogP contribution in [-0.4, -0.2) is 17.1 Å². The first kappa shape index (κ1) is 17.4. The molecule has 0 amide bonds. The van der Waals surface area contributed by atoms with Crippen LogP contribution in [0.25, 0.3) is 0 Å². The minimum atomic E-state index is -0.463. The lowest BCUT2D eigenvalue weighted by molar-refractivity contribution is 0.150. The smallest absolute Gasteiger partial charge is 0.0511 e. The molecule has 0 heterocycles. The number of hydrogen-bond acceptors (Lipinski definition) is 4. The van der Waals surface area contributed by atoms with E-state index in [0.717, 1.165) is 12.0 Å². The lowest BCUT2D eigenvalue weighted by Crippen LogP contribution is -2.60. The highest BCUT2D eigenvalue weighted by molar-refractivity contribution is 5.26. The van der Waals surface area contributed by atoms with Gasteiger partial charge in [-0.15, -0.1) is 0 Å². The van der Waals surface area contributed by atoms with Crippen molar-refractivity contribution < 1.29 is 0 Å². The van der Waals surface area contributed by atoms with Gasteiger partial charge in [-0.2, -0.15) is 0 Å². The first-order valence-electron chi connectivity index (χ1n) is 6.59. The molecule has 8 N–H and O–H groups in total. The van der Waals surface area contributed by atoms with Gasteiger partial charge in [0, 0.05) is 22.2 Å². The predicted octanol–water partition coefficient (Wildman–Crippen LogP) is 1.44. The molecule has 4 heteroatoms. The van der Waals surface area contributed by atoms with Gasteiger partial charge in [0.2, 0.25) is 0 Å². The fourth-order valence-corrected chi connectivity index (χ4v) is 1.80. The molecule has 0 aromatic carbocycles. The van der Waals surface area contributed by atoms with E-state index in [1.165, 1.54) is 0 Å². The highest BCUT2D eigenvalue weighted by atomic mass is 14.9. The SMILES string of the molecule is CCC(C)(N)C(C)(C)C(N)/C(N)=C(/C)C(C)(C)N. The van der Waals surface area contributed by atoms with Crippen molar-refractivity contribution >= 4 is 0 Å². The lowest BCUT2D eigenvalue weighted by Gasteiger charge is -2.46. The largest absolute Gasteiger partial charge is 0.401 e. The van der Waals surface area contributed by atoms with Crippen molar-refractivity contribution in [3.05, 3.63) is 11.3 Å². The van der Waals surface area contributed by atoms with Crippen molar-refractivity contribution in [1.29, 1.82) is 0 Å². The first-order chi connectivity index (χ1) is 7.79. The molecule has 0 aliphatic rings. The van der Waals surface area contributed by atoms with E-state index in [1.54, 1.807) is 0 Å². The first-order valence-corrected chi connectivity index (χ1v) is 6.59. The van der Waals surface area contributed by atoms with Crippen molar-refractivity contribution in [2.24, 2.45) is 28.3 Å². The second-order valence-electron chi connectivity index (χ2n) is 6.77. The van der Waals surface area contributed by atoms with Crippen molar-refractivity contribution in [3.63, 3.8) is 0 Å². The van der Waals surface area contributed by atoms with Crippen LogP contribution < -0.4 is 22.9 Å². The van der Waals surface area contributed by atoms with Gasteiger partial charge in [-0.25, -0.2) is 0 Å². The summed E-state index contributed by atoms with van der Waals surface area (Å²) in [7, 11) is 0. The van der Waals surface area contributed by atoms with Gasteiger partial charge in [0.05, 0.1) is 6.04 Å². The van der Waals surface area contributed by atoms with Crippen LogP contribution in [0.5, 0.6) is 0 Å². The van der Waals surface area contributed by atoms with Crippen LogP contribution >= 0.6 is 0 Å². The van der Waals surface area contributed by atoms with Crippen LogP contribution in [0.2, 0.25) is 0 Å². The van der Waals surface area contributed by atoms with Crippen LogP contribution in [0, 0.1) is 5.41 Å². The summed E-state index contributed by atoms with van der Waals surface area (Å²) in [4.78, 5) is 0. The van der Waals surface area contributed by atoms with Gasteiger partial charge >= 0.3 is 0 Å². The fraction of sp³-hybridized carbons (Fsp3) is 0.857. The van der Waals surface area contributed by atoms with E-state index < -0.39 is 5.54 Å². The molecule has 0 aromatic heterocycles. The lowest BCUT2D eigenvalue weighted by atomic mass is 9.66. The molecular formula is C14H32N4. The second-order valence-corrected chi connectivity index (χ2v) is 6.77. The average molecular weight is 256 g/mol. The Balaban J connectivity index is 5.49. The van der Waals surface area contributed by atoms with Crippen LogP contribution in [-0.2, 0) is 0 Å². The summed E-state index contributed by atoms with van der Waals surface area (Å²) in [5.74, 6) is 0. The molecule has 0 radical (unpaired) electrons. The zero-order valence-corrected chi connectivity index (χ0v) is 13.1. The maximum atomic E-state index is 6.35. The zero-order chi connectivity index (χ0) is 14.9. The number of nitrogens with two attached hydrogens (primary N) is 4. The monoisotopic (exact) mass is 256 g/mol. The summed E-state index contributed by atoms with van der Waals surface area (Å²) in [6, 6.07) is -0.310. The molecule has 2 atom stereocenters. The highest BCUT2D eigenvalue weighted by Crippen LogP contribution is 2.36. The quantitative estimate of drug-likeness (QED) is 0.597. The normalized spacial score (nSPS) is 20.1.